The van der Waals surface area contributed by atoms with Crippen molar-refractivity contribution in [1.82, 2.24) is 4.98 Å². The van der Waals surface area contributed by atoms with E-state index in [1.165, 1.54) is 0 Å². The smallest absolute Gasteiger partial charge is 0.399 e. The standard InChI is InChI=1S/C8H7F3N2O3/c9-8(10,11)16-6-5(1-12)4(3-14)2-13-7(6)15/h2-3H,1,12H2,(H,13,15). The van der Waals surface area contributed by atoms with Gasteiger partial charge in [0.1, 0.15) is 0 Å². The number of hydrogen-bond acceptors (Lipinski definition) is 4. The molecular weight excluding hydrogens is 229 g/mol. The fourth-order valence-corrected chi connectivity index (χ4v) is 1.10. The van der Waals surface area contributed by atoms with E-state index in [-0.39, 0.29) is 17.4 Å². The molecule has 0 aliphatic heterocycles. The lowest BCUT2D eigenvalue weighted by atomic mass is 10.1. The maximum Gasteiger partial charge on any atom is 0.573 e. The third-order valence-corrected chi connectivity index (χ3v) is 1.74. The topological polar surface area (TPSA) is 85.2 Å². The third-order valence-electron chi connectivity index (χ3n) is 1.74. The van der Waals surface area contributed by atoms with Crippen molar-refractivity contribution in [2.45, 2.75) is 12.9 Å². The third kappa shape index (κ3) is 2.60. The zero-order valence-corrected chi connectivity index (χ0v) is 7.80. The van der Waals surface area contributed by atoms with Crippen molar-refractivity contribution in [3.8, 4) is 5.75 Å². The number of nitrogens with one attached hydrogen (secondary N) is 1. The SMILES string of the molecule is NCc1c(C=O)c[nH]c(=O)c1OC(F)(F)F. The fraction of sp³-hybridized carbons (Fsp3) is 0.250. The van der Waals surface area contributed by atoms with Crippen LogP contribution in [0.4, 0.5) is 13.2 Å². The van der Waals surface area contributed by atoms with Crippen LogP contribution in [0.5, 0.6) is 5.75 Å². The molecule has 3 N–H and O–H groups in total. The molecule has 16 heavy (non-hydrogen) atoms. The second-order valence-corrected chi connectivity index (χ2v) is 2.75. The average Bonchev–Trinajstić information content (AvgIpc) is 2.19. The van der Waals surface area contributed by atoms with Crippen molar-refractivity contribution < 1.29 is 22.7 Å². The summed E-state index contributed by atoms with van der Waals surface area (Å²) in [6, 6.07) is 0. The van der Waals surface area contributed by atoms with Crippen LogP contribution >= 0.6 is 0 Å². The Balaban J connectivity index is 3.35. The molecule has 1 rings (SSSR count). The number of aromatic amines is 1. The highest BCUT2D eigenvalue weighted by Crippen LogP contribution is 2.23. The van der Waals surface area contributed by atoms with E-state index in [9.17, 15) is 22.8 Å². The quantitative estimate of drug-likeness (QED) is 0.750. The van der Waals surface area contributed by atoms with Crippen LogP contribution in [0.15, 0.2) is 11.0 Å². The maximum atomic E-state index is 12.0. The van der Waals surface area contributed by atoms with Crippen LogP contribution < -0.4 is 16.0 Å². The first-order valence-corrected chi connectivity index (χ1v) is 4.04. The summed E-state index contributed by atoms with van der Waals surface area (Å²) in [6.45, 7) is -0.413. The molecule has 88 valence electrons. The average molecular weight is 236 g/mol. The van der Waals surface area contributed by atoms with E-state index in [0.29, 0.717) is 0 Å². The van der Waals surface area contributed by atoms with Crippen LogP contribution in [0, 0.1) is 0 Å². The van der Waals surface area contributed by atoms with E-state index >= 15 is 0 Å². The molecule has 0 fully saturated rings. The summed E-state index contributed by atoms with van der Waals surface area (Å²) in [7, 11) is 0. The Morgan fingerprint density at radius 3 is 2.56 bits per heavy atom. The lowest BCUT2D eigenvalue weighted by Gasteiger charge is -2.12. The molecule has 0 spiro atoms. The van der Waals surface area contributed by atoms with E-state index in [0.717, 1.165) is 6.20 Å². The van der Waals surface area contributed by atoms with Gasteiger partial charge < -0.3 is 15.5 Å². The van der Waals surface area contributed by atoms with Gasteiger partial charge >= 0.3 is 6.36 Å². The number of pyridine rings is 1. The zero-order chi connectivity index (χ0) is 12.3. The molecule has 0 amide bonds. The predicted octanol–water partition coefficient (Wildman–Crippen LogP) is 0.545. The van der Waals surface area contributed by atoms with Gasteiger partial charge in [-0.3, -0.25) is 9.59 Å². The molecule has 0 aromatic carbocycles. The second-order valence-electron chi connectivity index (χ2n) is 2.75. The van der Waals surface area contributed by atoms with E-state index in [1.54, 1.807) is 0 Å². The summed E-state index contributed by atoms with van der Waals surface area (Å²) in [6.07, 6.45) is -3.76. The zero-order valence-electron chi connectivity index (χ0n) is 7.80. The largest absolute Gasteiger partial charge is 0.573 e. The highest BCUT2D eigenvalue weighted by atomic mass is 19.4. The Labute approximate surface area is 87.0 Å². The summed E-state index contributed by atoms with van der Waals surface area (Å²) in [5.41, 5.74) is 3.63. The van der Waals surface area contributed by atoms with E-state index in [1.807, 2.05) is 4.98 Å². The molecule has 1 aromatic rings. The number of carbonyl (C=O) groups excluding carboxylic acids is 1. The van der Waals surface area contributed by atoms with Gasteiger partial charge in [-0.05, 0) is 0 Å². The number of halogens is 3. The Morgan fingerprint density at radius 1 is 1.50 bits per heavy atom. The van der Waals surface area contributed by atoms with Crippen LogP contribution in [0.25, 0.3) is 0 Å². The molecule has 0 atom stereocenters. The summed E-state index contributed by atoms with van der Waals surface area (Å²) in [4.78, 5) is 23.5. The molecule has 0 saturated carbocycles. The van der Waals surface area contributed by atoms with Gasteiger partial charge in [0, 0.05) is 23.9 Å². The first-order valence-electron chi connectivity index (χ1n) is 4.04. The molecule has 0 aliphatic rings. The van der Waals surface area contributed by atoms with Crippen LogP contribution in [-0.2, 0) is 6.54 Å². The first-order chi connectivity index (χ1) is 7.39. The van der Waals surface area contributed by atoms with Crippen molar-refractivity contribution in [1.29, 1.82) is 0 Å². The Hall–Kier alpha value is -1.83. The van der Waals surface area contributed by atoms with Crippen molar-refractivity contribution in [2.24, 2.45) is 5.73 Å². The van der Waals surface area contributed by atoms with Crippen molar-refractivity contribution in [3.05, 3.63) is 27.7 Å². The van der Waals surface area contributed by atoms with Crippen LogP contribution in [0.3, 0.4) is 0 Å². The highest BCUT2D eigenvalue weighted by Gasteiger charge is 2.33. The lowest BCUT2D eigenvalue weighted by Crippen LogP contribution is -2.25. The fourth-order valence-electron chi connectivity index (χ4n) is 1.10. The number of carbonyl (C=O) groups is 1. The van der Waals surface area contributed by atoms with Crippen LogP contribution in [-0.4, -0.2) is 17.6 Å². The summed E-state index contributed by atoms with van der Waals surface area (Å²) in [5, 5.41) is 0. The van der Waals surface area contributed by atoms with Gasteiger partial charge in [-0.15, -0.1) is 13.2 Å². The van der Waals surface area contributed by atoms with E-state index in [2.05, 4.69) is 4.74 Å². The molecule has 0 unspecified atom stereocenters. The number of ether oxygens (including phenoxy) is 1. The maximum absolute atomic E-state index is 12.0. The number of H-pyrrole nitrogens is 1. The molecule has 0 radical (unpaired) electrons. The van der Waals surface area contributed by atoms with Crippen molar-refractivity contribution in [3.63, 3.8) is 0 Å². The minimum atomic E-state index is -5.02. The molecule has 0 bridgehead atoms. The number of rotatable bonds is 3. The molecule has 0 saturated heterocycles. The Kier molecular flexibility index (Phi) is 3.33. The monoisotopic (exact) mass is 236 g/mol. The predicted molar refractivity (Wildman–Crippen MR) is 47.0 cm³/mol. The van der Waals surface area contributed by atoms with Gasteiger partial charge in [-0.25, -0.2) is 0 Å². The lowest BCUT2D eigenvalue weighted by molar-refractivity contribution is -0.275. The first kappa shape index (κ1) is 12.2. The van der Waals surface area contributed by atoms with Gasteiger partial charge in [-0.1, -0.05) is 0 Å². The molecule has 5 nitrogen and oxygen atoms in total. The van der Waals surface area contributed by atoms with E-state index < -0.39 is 24.2 Å². The van der Waals surface area contributed by atoms with Gasteiger partial charge in [0.15, 0.2) is 12.0 Å². The highest BCUT2D eigenvalue weighted by molar-refractivity contribution is 5.77. The normalized spacial score (nSPS) is 11.2. The molecule has 8 heteroatoms. The molecule has 1 heterocycles. The minimum Gasteiger partial charge on any atom is -0.399 e. The molecular formula is C8H7F3N2O3. The summed E-state index contributed by atoms with van der Waals surface area (Å²) in [5.74, 6) is -1.00. The van der Waals surface area contributed by atoms with E-state index in [4.69, 9.17) is 5.73 Å². The Bertz CT molecular complexity index is 453. The van der Waals surface area contributed by atoms with Gasteiger partial charge in [0.2, 0.25) is 0 Å². The van der Waals surface area contributed by atoms with Gasteiger partial charge in [-0.2, -0.15) is 0 Å². The molecule has 0 aliphatic carbocycles. The molecule has 1 aromatic heterocycles. The number of nitrogens with two attached hydrogens (primary N) is 1. The Morgan fingerprint density at radius 2 is 2.12 bits per heavy atom. The summed E-state index contributed by atoms with van der Waals surface area (Å²) >= 11 is 0. The van der Waals surface area contributed by atoms with Crippen molar-refractivity contribution in [2.75, 3.05) is 0 Å². The summed E-state index contributed by atoms with van der Waals surface area (Å²) < 4.78 is 39.4. The van der Waals surface area contributed by atoms with Gasteiger partial charge in [0.25, 0.3) is 5.56 Å². The van der Waals surface area contributed by atoms with Crippen LogP contribution in [0.2, 0.25) is 0 Å². The minimum absolute atomic E-state index is 0.152. The number of alkyl halides is 3. The van der Waals surface area contributed by atoms with Crippen molar-refractivity contribution >= 4 is 6.29 Å². The van der Waals surface area contributed by atoms with Gasteiger partial charge in [0.05, 0.1) is 0 Å². The van der Waals surface area contributed by atoms with Crippen LogP contribution in [0.1, 0.15) is 15.9 Å². The number of hydrogen-bond donors (Lipinski definition) is 2. The second kappa shape index (κ2) is 4.35. The number of aromatic nitrogens is 1. The number of aldehydes is 1.